The first-order valence-corrected chi connectivity index (χ1v) is 5.69. The maximum absolute atomic E-state index is 12.8. The van der Waals surface area contributed by atoms with Crippen molar-refractivity contribution < 1.29 is 4.39 Å². The fourth-order valence-corrected chi connectivity index (χ4v) is 1.77. The van der Waals surface area contributed by atoms with E-state index < -0.39 is 0 Å². The minimum atomic E-state index is -0.365. The summed E-state index contributed by atoms with van der Waals surface area (Å²) in [4.78, 5) is 3.90. The SMILES string of the molecule is CC.Fc1cccc(C2CCNCC2)n1. The van der Waals surface area contributed by atoms with E-state index in [0.717, 1.165) is 31.6 Å². The minimum absolute atomic E-state index is 0.365. The summed E-state index contributed by atoms with van der Waals surface area (Å²) < 4.78 is 12.8. The summed E-state index contributed by atoms with van der Waals surface area (Å²) in [6, 6.07) is 5.04. The first kappa shape index (κ1) is 12.1. The number of rotatable bonds is 1. The lowest BCUT2D eigenvalue weighted by molar-refractivity contribution is 0.446. The van der Waals surface area contributed by atoms with E-state index in [1.54, 1.807) is 6.07 Å². The molecule has 2 rings (SSSR count). The van der Waals surface area contributed by atoms with Gasteiger partial charge in [0.2, 0.25) is 5.95 Å². The average Bonchev–Trinajstić information content (AvgIpc) is 2.33. The van der Waals surface area contributed by atoms with Crippen LogP contribution in [-0.4, -0.2) is 18.1 Å². The number of nitrogens with zero attached hydrogens (tertiary/aromatic N) is 1. The lowest BCUT2D eigenvalue weighted by Crippen LogP contribution is -2.27. The Bertz CT molecular complexity index is 283. The van der Waals surface area contributed by atoms with Gasteiger partial charge in [0.05, 0.1) is 0 Å². The van der Waals surface area contributed by atoms with Crippen LogP contribution in [0, 0.1) is 5.95 Å². The van der Waals surface area contributed by atoms with Gasteiger partial charge in [-0.1, -0.05) is 19.9 Å². The summed E-state index contributed by atoms with van der Waals surface area (Å²) in [7, 11) is 0. The van der Waals surface area contributed by atoms with Gasteiger partial charge >= 0.3 is 0 Å². The molecule has 15 heavy (non-hydrogen) atoms. The Balaban J connectivity index is 0.000000531. The predicted molar refractivity (Wildman–Crippen MR) is 60.4 cm³/mol. The number of nitrogens with one attached hydrogen (secondary N) is 1. The Kier molecular flexibility index (Phi) is 5.26. The molecule has 0 atom stereocenters. The number of piperidine rings is 1. The van der Waals surface area contributed by atoms with Gasteiger partial charge in [-0.3, -0.25) is 0 Å². The summed E-state index contributed by atoms with van der Waals surface area (Å²) in [5.41, 5.74) is 0.904. The summed E-state index contributed by atoms with van der Waals surface area (Å²) >= 11 is 0. The zero-order valence-corrected chi connectivity index (χ0v) is 9.46. The minimum Gasteiger partial charge on any atom is -0.317 e. The van der Waals surface area contributed by atoms with Crippen LogP contribution in [0.15, 0.2) is 18.2 Å². The summed E-state index contributed by atoms with van der Waals surface area (Å²) in [6.07, 6.45) is 2.13. The Hall–Kier alpha value is -0.960. The normalized spacial score (nSPS) is 16.7. The standard InChI is InChI=1S/C10H13FN2.C2H6/c11-10-3-1-2-9(13-10)8-4-6-12-7-5-8;1-2/h1-3,8,12H,4-7H2;1-2H3. The molecule has 1 N–H and O–H groups in total. The molecule has 1 fully saturated rings. The molecule has 0 aromatic carbocycles. The molecule has 0 saturated carbocycles. The number of pyridine rings is 1. The first-order valence-electron chi connectivity index (χ1n) is 5.69. The van der Waals surface area contributed by atoms with Crippen molar-refractivity contribution in [2.75, 3.05) is 13.1 Å². The van der Waals surface area contributed by atoms with Gasteiger partial charge in [-0.25, -0.2) is 4.98 Å². The second-order valence-electron chi connectivity index (χ2n) is 3.41. The first-order chi connectivity index (χ1) is 7.36. The molecular weight excluding hydrogens is 191 g/mol. The molecule has 1 aromatic heterocycles. The van der Waals surface area contributed by atoms with Gasteiger partial charge in [-0.05, 0) is 38.1 Å². The van der Waals surface area contributed by atoms with E-state index >= 15 is 0 Å². The van der Waals surface area contributed by atoms with Crippen molar-refractivity contribution in [1.29, 1.82) is 0 Å². The third kappa shape index (κ3) is 3.59. The van der Waals surface area contributed by atoms with E-state index in [1.807, 2.05) is 19.9 Å². The quantitative estimate of drug-likeness (QED) is 0.721. The van der Waals surface area contributed by atoms with Gasteiger partial charge in [-0.15, -0.1) is 0 Å². The van der Waals surface area contributed by atoms with Crippen LogP contribution in [0.2, 0.25) is 0 Å². The van der Waals surface area contributed by atoms with Gasteiger partial charge in [0.25, 0.3) is 0 Å². The van der Waals surface area contributed by atoms with Crippen LogP contribution in [0.25, 0.3) is 0 Å². The lowest BCUT2D eigenvalue weighted by atomic mass is 9.94. The van der Waals surface area contributed by atoms with E-state index in [1.165, 1.54) is 6.07 Å². The zero-order valence-electron chi connectivity index (χ0n) is 9.46. The molecular formula is C12H19FN2. The average molecular weight is 210 g/mol. The van der Waals surface area contributed by atoms with E-state index in [9.17, 15) is 4.39 Å². The molecule has 0 radical (unpaired) electrons. The van der Waals surface area contributed by atoms with Crippen LogP contribution in [0.4, 0.5) is 4.39 Å². The van der Waals surface area contributed by atoms with Gasteiger partial charge in [-0.2, -0.15) is 4.39 Å². The zero-order chi connectivity index (χ0) is 11.1. The number of halogens is 1. The van der Waals surface area contributed by atoms with Gasteiger partial charge in [0, 0.05) is 11.6 Å². The van der Waals surface area contributed by atoms with Crippen LogP contribution < -0.4 is 5.32 Å². The van der Waals surface area contributed by atoms with Crippen LogP contribution in [0.3, 0.4) is 0 Å². The molecule has 1 saturated heterocycles. The maximum Gasteiger partial charge on any atom is 0.213 e. The highest BCUT2D eigenvalue weighted by molar-refractivity contribution is 5.11. The van der Waals surface area contributed by atoms with Crippen molar-refractivity contribution in [3.63, 3.8) is 0 Å². The Labute approximate surface area is 90.9 Å². The molecule has 84 valence electrons. The summed E-state index contributed by atoms with van der Waals surface area (Å²) in [6.45, 7) is 6.03. The molecule has 1 aliphatic heterocycles. The van der Waals surface area contributed by atoms with Crippen LogP contribution >= 0.6 is 0 Å². The fraction of sp³-hybridized carbons (Fsp3) is 0.583. The second-order valence-corrected chi connectivity index (χ2v) is 3.41. The molecule has 0 amide bonds. The monoisotopic (exact) mass is 210 g/mol. The smallest absolute Gasteiger partial charge is 0.213 e. The number of aromatic nitrogens is 1. The van der Waals surface area contributed by atoms with Crippen molar-refractivity contribution in [2.24, 2.45) is 0 Å². The Morgan fingerprint density at radius 3 is 2.53 bits per heavy atom. The van der Waals surface area contributed by atoms with E-state index in [4.69, 9.17) is 0 Å². The third-order valence-corrected chi connectivity index (χ3v) is 2.49. The summed E-state index contributed by atoms with van der Waals surface area (Å²) in [5, 5.41) is 3.28. The number of hydrogen-bond donors (Lipinski definition) is 1. The molecule has 0 aliphatic carbocycles. The van der Waals surface area contributed by atoms with Crippen molar-refractivity contribution in [3.05, 3.63) is 29.8 Å². The molecule has 1 aromatic rings. The molecule has 1 aliphatic rings. The van der Waals surface area contributed by atoms with E-state index in [-0.39, 0.29) is 5.95 Å². The molecule has 0 spiro atoms. The highest BCUT2D eigenvalue weighted by Gasteiger charge is 2.16. The highest BCUT2D eigenvalue weighted by atomic mass is 19.1. The third-order valence-electron chi connectivity index (χ3n) is 2.49. The molecule has 3 heteroatoms. The largest absolute Gasteiger partial charge is 0.317 e. The van der Waals surface area contributed by atoms with Crippen molar-refractivity contribution in [3.8, 4) is 0 Å². The van der Waals surface area contributed by atoms with Crippen LogP contribution in [-0.2, 0) is 0 Å². The lowest BCUT2D eigenvalue weighted by Gasteiger charge is -2.21. The number of hydrogen-bond acceptors (Lipinski definition) is 2. The maximum atomic E-state index is 12.8. The Morgan fingerprint density at radius 1 is 1.27 bits per heavy atom. The van der Waals surface area contributed by atoms with Crippen molar-refractivity contribution >= 4 is 0 Å². The van der Waals surface area contributed by atoms with Crippen LogP contribution in [0.1, 0.15) is 38.3 Å². The van der Waals surface area contributed by atoms with Gasteiger partial charge in [0.15, 0.2) is 0 Å². The predicted octanol–water partition coefficient (Wildman–Crippen LogP) is 2.71. The summed E-state index contributed by atoms with van der Waals surface area (Å²) in [5.74, 6) is 0.0768. The molecule has 0 unspecified atom stereocenters. The molecule has 0 bridgehead atoms. The Morgan fingerprint density at radius 2 is 1.93 bits per heavy atom. The van der Waals surface area contributed by atoms with Gasteiger partial charge < -0.3 is 5.32 Å². The van der Waals surface area contributed by atoms with E-state index in [2.05, 4.69) is 10.3 Å². The molecule has 2 heterocycles. The van der Waals surface area contributed by atoms with Crippen molar-refractivity contribution in [2.45, 2.75) is 32.6 Å². The van der Waals surface area contributed by atoms with E-state index in [0.29, 0.717) is 5.92 Å². The topological polar surface area (TPSA) is 24.9 Å². The fourth-order valence-electron chi connectivity index (χ4n) is 1.77. The highest BCUT2D eigenvalue weighted by Crippen LogP contribution is 2.22. The van der Waals surface area contributed by atoms with Gasteiger partial charge in [0.1, 0.15) is 0 Å². The second kappa shape index (κ2) is 6.51. The van der Waals surface area contributed by atoms with Crippen molar-refractivity contribution in [1.82, 2.24) is 10.3 Å². The van der Waals surface area contributed by atoms with Crippen LogP contribution in [0.5, 0.6) is 0 Å². The molecule has 2 nitrogen and oxygen atoms in total.